The van der Waals surface area contributed by atoms with Crippen molar-refractivity contribution in [3.05, 3.63) is 0 Å². The quantitative estimate of drug-likeness (QED) is 0.755. The minimum atomic E-state index is -3.84. The Balaban J connectivity index is 2.20. The molecule has 2 fully saturated rings. The number of likely N-dealkylation sites (tertiary alicyclic amines) is 1. The average molecular weight is 370 g/mol. The maximum absolute atomic E-state index is 14.6. The summed E-state index contributed by atoms with van der Waals surface area (Å²) in [6.45, 7) is 3.76. The number of ether oxygens (including phenoxy) is 1. The summed E-state index contributed by atoms with van der Waals surface area (Å²) in [6, 6.07) is -3.35. The van der Waals surface area contributed by atoms with Crippen LogP contribution in [0.2, 0.25) is 0 Å². The van der Waals surface area contributed by atoms with Crippen molar-refractivity contribution in [2.75, 3.05) is 13.2 Å². The van der Waals surface area contributed by atoms with Gasteiger partial charge in [-0.3, -0.25) is 4.90 Å². The van der Waals surface area contributed by atoms with Gasteiger partial charge in [0.2, 0.25) is 10.0 Å². The van der Waals surface area contributed by atoms with E-state index in [0.717, 1.165) is 4.90 Å². The van der Waals surface area contributed by atoms with Crippen molar-refractivity contribution in [2.24, 2.45) is 0 Å². The highest BCUT2D eigenvalue weighted by Crippen LogP contribution is 2.38. The van der Waals surface area contributed by atoms with E-state index in [0.29, 0.717) is 12.8 Å². The van der Waals surface area contributed by atoms with Gasteiger partial charge in [-0.1, -0.05) is 0 Å². The van der Waals surface area contributed by atoms with Crippen LogP contribution in [0.5, 0.6) is 0 Å². The number of aliphatic hydroxyl groups is 1. The van der Waals surface area contributed by atoms with Crippen LogP contribution in [0, 0.1) is 0 Å². The molecule has 0 unspecified atom stereocenters. The molecule has 10 heteroatoms. The largest absolute Gasteiger partial charge is 0.444 e. The first-order chi connectivity index (χ1) is 10.9. The Morgan fingerprint density at radius 3 is 2.42 bits per heavy atom. The Morgan fingerprint density at radius 2 is 1.96 bits per heavy atom. The van der Waals surface area contributed by atoms with Gasteiger partial charge in [-0.15, -0.1) is 0 Å². The summed E-state index contributed by atoms with van der Waals surface area (Å²) in [5, 5.41) is 8.42. The number of halogens is 2. The van der Waals surface area contributed by atoms with Gasteiger partial charge in [-0.2, -0.15) is 0 Å². The first-order valence-corrected chi connectivity index (χ1v) is 9.42. The molecule has 0 aromatic carbocycles. The zero-order valence-electron chi connectivity index (χ0n) is 14.0. The van der Waals surface area contributed by atoms with Gasteiger partial charge in [-0.05, 0) is 40.0 Å². The molecule has 1 aliphatic heterocycles. The highest BCUT2D eigenvalue weighted by molar-refractivity contribution is 7.90. The van der Waals surface area contributed by atoms with Gasteiger partial charge in [-0.25, -0.2) is 26.7 Å². The third kappa shape index (κ3) is 4.15. The molecule has 24 heavy (non-hydrogen) atoms. The average Bonchev–Trinajstić information content (AvgIpc) is 3.20. The molecular weight excluding hydrogens is 346 g/mol. The molecule has 0 aromatic heterocycles. The molecule has 2 N–H and O–H groups in total. The second kappa shape index (κ2) is 6.38. The molecule has 1 amide bonds. The molecule has 7 nitrogen and oxygen atoms in total. The minimum Gasteiger partial charge on any atom is -0.444 e. The predicted molar refractivity (Wildman–Crippen MR) is 82.2 cm³/mol. The van der Waals surface area contributed by atoms with Crippen LogP contribution < -0.4 is 4.72 Å². The van der Waals surface area contributed by atoms with Crippen molar-refractivity contribution in [1.82, 2.24) is 9.62 Å². The van der Waals surface area contributed by atoms with Crippen molar-refractivity contribution in [1.29, 1.82) is 0 Å². The Bertz CT molecular complexity index is 586. The smallest absolute Gasteiger partial charge is 0.410 e. The summed E-state index contributed by atoms with van der Waals surface area (Å²) in [4.78, 5) is 13.0. The number of nitrogens with one attached hydrogen (secondary N) is 1. The highest BCUT2D eigenvalue weighted by Gasteiger charge is 2.59. The topological polar surface area (TPSA) is 95.9 Å². The van der Waals surface area contributed by atoms with E-state index in [2.05, 4.69) is 0 Å². The van der Waals surface area contributed by atoms with Gasteiger partial charge in [0, 0.05) is 13.2 Å². The molecule has 2 atom stereocenters. The van der Waals surface area contributed by atoms with E-state index < -0.39 is 58.1 Å². The van der Waals surface area contributed by atoms with Crippen molar-refractivity contribution < 1.29 is 31.8 Å². The van der Waals surface area contributed by atoms with E-state index >= 15 is 0 Å². The van der Waals surface area contributed by atoms with E-state index in [1.807, 2.05) is 4.72 Å². The van der Waals surface area contributed by atoms with E-state index in [9.17, 15) is 22.0 Å². The molecule has 1 saturated heterocycles. The first kappa shape index (κ1) is 19.3. The fourth-order valence-electron chi connectivity index (χ4n) is 2.67. The zero-order valence-corrected chi connectivity index (χ0v) is 14.8. The van der Waals surface area contributed by atoms with Crippen LogP contribution in [0.3, 0.4) is 0 Å². The molecule has 1 saturated carbocycles. The SMILES string of the molecule is CC(C)(C)OC(=O)N1C[C@@H](NS(=O)(=O)C2CC2)C(F)(F)[C@H]1CCO. The first-order valence-electron chi connectivity index (χ1n) is 7.88. The lowest BCUT2D eigenvalue weighted by Gasteiger charge is -2.29. The van der Waals surface area contributed by atoms with Crippen molar-refractivity contribution in [3.8, 4) is 0 Å². The van der Waals surface area contributed by atoms with Crippen LogP contribution in [0.1, 0.15) is 40.0 Å². The Morgan fingerprint density at radius 1 is 1.38 bits per heavy atom. The van der Waals surface area contributed by atoms with Gasteiger partial charge in [0.05, 0.1) is 5.25 Å². The lowest BCUT2D eigenvalue weighted by Crippen LogP contribution is -2.50. The number of hydrogen-bond acceptors (Lipinski definition) is 5. The lowest BCUT2D eigenvalue weighted by atomic mass is 10.1. The molecule has 1 aliphatic carbocycles. The maximum Gasteiger partial charge on any atom is 0.410 e. The number of carbonyl (C=O) groups excluding carboxylic acids is 1. The summed E-state index contributed by atoms with van der Waals surface area (Å²) in [7, 11) is -3.84. The molecule has 0 spiro atoms. The lowest BCUT2D eigenvalue weighted by molar-refractivity contribution is -0.0565. The van der Waals surface area contributed by atoms with Crippen LogP contribution in [0.4, 0.5) is 13.6 Å². The normalized spacial score (nSPS) is 27.3. The fraction of sp³-hybridized carbons (Fsp3) is 0.929. The summed E-state index contributed by atoms with van der Waals surface area (Å²) in [5.74, 6) is -3.50. The molecule has 140 valence electrons. The number of rotatable bonds is 5. The number of sulfonamides is 1. The number of carbonyl (C=O) groups is 1. The number of aliphatic hydroxyl groups excluding tert-OH is 1. The van der Waals surface area contributed by atoms with Crippen LogP contribution >= 0.6 is 0 Å². The van der Waals surface area contributed by atoms with Gasteiger partial charge >= 0.3 is 6.09 Å². The second-order valence-corrected chi connectivity index (χ2v) is 9.24. The summed E-state index contributed by atoms with van der Waals surface area (Å²) < 4.78 is 60.4. The standard InChI is InChI=1S/C14H24F2N2O5S/c1-13(2,3)23-12(20)18-8-10(14(15,16)11(18)6-7-19)17-24(21,22)9-4-5-9/h9-11,17,19H,4-8H2,1-3H3/t10-,11-/m1/s1. The monoisotopic (exact) mass is 370 g/mol. The number of nitrogens with zero attached hydrogens (tertiary/aromatic N) is 1. The van der Waals surface area contributed by atoms with Crippen LogP contribution in [0.15, 0.2) is 0 Å². The molecule has 0 aromatic rings. The van der Waals surface area contributed by atoms with Crippen LogP contribution in [-0.4, -0.2) is 66.5 Å². The molecule has 0 radical (unpaired) electrons. The summed E-state index contributed by atoms with van der Waals surface area (Å²) >= 11 is 0. The number of amides is 1. The van der Waals surface area contributed by atoms with Crippen LogP contribution in [0.25, 0.3) is 0 Å². The van der Waals surface area contributed by atoms with E-state index in [4.69, 9.17) is 9.84 Å². The molecule has 2 rings (SSSR count). The molecular formula is C14H24F2N2O5S. The van der Waals surface area contributed by atoms with E-state index in [1.54, 1.807) is 20.8 Å². The summed E-state index contributed by atoms with van der Waals surface area (Å²) in [6.07, 6.45) is -0.422. The second-order valence-electron chi connectivity index (χ2n) is 7.25. The van der Waals surface area contributed by atoms with Gasteiger partial charge in [0.25, 0.3) is 5.92 Å². The zero-order chi connectivity index (χ0) is 18.3. The maximum atomic E-state index is 14.6. The Kier molecular flexibility index (Phi) is 5.14. The van der Waals surface area contributed by atoms with Crippen molar-refractivity contribution in [2.45, 2.75) is 68.9 Å². The van der Waals surface area contributed by atoms with Gasteiger partial charge in [0.1, 0.15) is 17.7 Å². The van der Waals surface area contributed by atoms with Gasteiger partial charge in [0.15, 0.2) is 0 Å². The number of hydrogen-bond donors (Lipinski definition) is 2. The van der Waals surface area contributed by atoms with Gasteiger partial charge < -0.3 is 9.84 Å². The van der Waals surface area contributed by atoms with Crippen molar-refractivity contribution >= 4 is 16.1 Å². The predicted octanol–water partition coefficient (Wildman–Crippen LogP) is 1.07. The van der Waals surface area contributed by atoms with E-state index in [-0.39, 0.29) is 6.42 Å². The number of alkyl halides is 2. The van der Waals surface area contributed by atoms with Crippen molar-refractivity contribution in [3.63, 3.8) is 0 Å². The Labute approximate surface area is 140 Å². The molecule has 1 heterocycles. The van der Waals surface area contributed by atoms with Crippen LogP contribution in [-0.2, 0) is 14.8 Å². The third-order valence-corrected chi connectivity index (χ3v) is 5.93. The summed E-state index contributed by atoms with van der Waals surface area (Å²) in [5.41, 5.74) is -0.873. The van der Waals surface area contributed by atoms with E-state index in [1.165, 1.54) is 0 Å². The third-order valence-electron chi connectivity index (χ3n) is 3.96. The molecule has 0 bridgehead atoms. The minimum absolute atomic E-state index is 0.367. The Hall–Kier alpha value is -1.00. The fourth-order valence-corrected chi connectivity index (χ4v) is 4.24. The molecule has 2 aliphatic rings. The highest BCUT2D eigenvalue weighted by atomic mass is 32.2.